The molecule has 8 aromatic carbocycles. The molecule has 266 valence electrons. The van der Waals surface area contributed by atoms with Gasteiger partial charge in [0.05, 0.1) is 11.4 Å². The van der Waals surface area contributed by atoms with Crippen LogP contribution in [0, 0.1) is 0 Å². The Hall–Kier alpha value is -6.64. The molecule has 0 bridgehead atoms. The summed E-state index contributed by atoms with van der Waals surface area (Å²) in [5, 5.41) is 4.90. The smallest absolute Gasteiger partial charge is 0.161 e. The van der Waals surface area contributed by atoms with Crippen molar-refractivity contribution < 1.29 is 0 Å². The molecule has 2 aliphatic carbocycles. The van der Waals surface area contributed by atoms with Crippen LogP contribution in [0.1, 0.15) is 49.9 Å². The maximum absolute atomic E-state index is 5.46. The van der Waals surface area contributed by atoms with Crippen LogP contribution in [-0.4, -0.2) is 9.97 Å². The van der Waals surface area contributed by atoms with Gasteiger partial charge in [-0.05, 0) is 108 Å². The summed E-state index contributed by atoms with van der Waals surface area (Å²) in [6, 6.07) is 62.0. The van der Waals surface area contributed by atoms with Gasteiger partial charge in [0, 0.05) is 27.5 Å². The third kappa shape index (κ3) is 4.75. The largest absolute Gasteiger partial charge is 0.228 e. The molecule has 0 aliphatic heterocycles. The maximum atomic E-state index is 5.46. The lowest BCUT2D eigenvalue weighted by Crippen LogP contribution is -2.16. The Morgan fingerprint density at radius 3 is 1.77 bits per heavy atom. The Kier molecular flexibility index (Phi) is 6.98. The average molecular weight is 717 g/mol. The van der Waals surface area contributed by atoms with Crippen molar-refractivity contribution in [1.29, 1.82) is 0 Å². The Morgan fingerprint density at radius 2 is 0.946 bits per heavy atom. The van der Waals surface area contributed by atoms with Gasteiger partial charge >= 0.3 is 0 Å². The van der Waals surface area contributed by atoms with E-state index in [1.807, 2.05) is 0 Å². The lowest BCUT2D eigenvalue weighted by Gasteiger charge is -2.24. The van der Waals surface area contributed by atoms with Crippen LogP contribution >= 0.6 is 0 Å². The van der Waals surface area contributed by atoms with Crippen molar-refractivity contribution in [3.05, 3.63) is 192 Å². The molecule has 0 saturated heterocycles. The molecule has 2 heteroatoms. The van der Waals surface area contributed by atoms with Crippen LogP contribution in [0.3, 0.4) is 0 Å². The van der Waals surface area contributed by atoms with Crippen molar-refractivity contribution in [3.8, 4) is 67.3 Å². The molecule has 0 radical (unpaired) electrons. The second-order valence-electron chi connectivity index (χ2n) is 16.6. The summed E-state index contributed by atoms with van der Waals surface area (Å²) in [6.45, 7) is 9.40. The number of hydrogen-bond acceptors (Lipinski definition) is 2. The summed E-state index contributed by atoms with van der Waals surface area (Å²) < 4.78 is 0. The van der Waals surface area contributed by atoms with Gasteiger partial charge in [-0.25, -0.2) is 9.97 Å². The van der Waals surface area contributed by atoms with Crippen molar-refractivity contribution in [3.63, 3.8) is 0 Å². The molecule has 56 heavy (non-hydrogen) atoms. The second kappa shape index (κ2) is 11.9. The highest BCUT2D eigenvalue weighted by Crippen LogP contribution is 2.53. The van der Waals surface area contributed by atoms with Gasteiger partial charge in [-0.2, -0.15) is 0 Å². The first-order valence-corrected chi connectivity index (χ1v) is 19.7. The summed E-state index contributed by atoms with van der Waals surface area (Å²) in [7, 11) is 0. The Bertz CT molecular complexity index is 3080. The zero-order valence-corrected chi connectivity index (χ0v) is 32.1. The third-order valence-electron chi connectivity index (χ3n) is 12.7. The van der Waals surface area contributed by atoms with Crippen molar-refractivity contribution in [1.82, 2.24) is 9.97 Å². The molecule has 2 nitrogen and oxygen atoms in total. The van der Waals surface area contributed by atoms with Gasteiger partial charge in [0.15, 0.2) is 5.82 Å². The minimum Gasteiger partial charge on any atom is -0.228 e. The predicted molar refractivity (Wildman–Crippen MR) is 234 cm³/mol. The fraction of sp³-hybridized carbons (Fsp3) is 0.111. The molecule has 0 saturated carbocycles. The zero-order valence-electron chi connectivity index (χ0n) is 32.1. The van der Waals surface area contributed by atoms with E-state index in [0.717, 1.165) is 39.3 Å². The molecule has 0 fully saturated rings. The fourth-order valence-electron chi connectivity index (χ4n) is 9.87. The van der Waals surface area contributed by atoms with Gasteiger partial charge in [0.2, 0.25) is 0 Å². The summed E-state index contributed by atoms with van der Waals surface area (Å²) in [5.74, 6) is 0.728. The molecule has 1 aromatic heterocycles. The molecule has 0 amide bonds. The fourth-order valence-corrected chi connectivity index (χ4v) is 9.87. The lowest BCUT2D eigenvalue weighted by molar-refractivity contribution is 0.661. The summed E-state index contributed by atoms with van der Waals surface area (Å²) in [4.78, 5) is 10.8. The first kappa shape index (κ1) is 32.8. The molecule has 1 heterocycles. The summed E-state index contributed by atoms with van der Waals surface area (Å²) in [5.41, 5.74) is 18.0. The summed E-state index contributed by atoms with van der Waals surface area (Å²) in [6.07, 6.45) is 0. The van der Waals surface area contributed by atoms with Gasteiger partial charge in [-0.15, -0.1) is 0 Å². The van der Waals surface area contributed by atoms with E-state index < -0.39 is 0 Å². The number of rotatable bonds is 4. The van der Waals surface area contributed by atoms with Gasteiger partial charge < -0.3 is 0 Å². The van der Waals surface area contributed by atoms with E-state index in [9.17, 15) is 0 Å². The van der Waals surface area contributed by atoms with E-state index in [0.29, 0.717) is 0 Å². The average Bonchev–Trinajstić information content (AvgIpc) is 3.61. The molecular formula is C54H40N2. The van der Waals surface area contributed by atoms with Crippen molar-refractivity contribution >= 4 is 21.5 Å². The molecule has 0 unspecified atom stereocenters. The number of fused-ring (bicyclic) bond motifs is 8. The molecule has 0 spiro atoms. The van der Waals surface area contributed by atoms with Crippen molar-refractivity contribution in [2.24, 2.45) is 0 Å². The van der Waals surface area contributed by atoms with E-state index >= 15 is 0 Å². The second-order valence-corrected chi connectivity index (χ2v) is 16.6. The maximum Gasteiger partial charge on any atom is 0.161 e. The van der Waals surface area contributed by atoms with Crippen molar-refractivity contribution in [2.75, 3.05) is 0 Å². The topological polar surface area (TPSA) is 25.8 Å². The van der Waals surface area contributed by atoms with E-state index in [4.69, 9.17) is 9.97 Å². The Labute approximate surface area is 328 Å². The van der Waals surface area contributed by atoms with Crippen LogP contribution in [-0.2, 0) is 10.8 Å². The van der Waals surface area contributed by atoms with Crippen LogP contribution in [0.2, 0.25) is 0 Å². The zero-order chi connectivity index (χ0) is 37.8. The monoisotopic (exact) mass is 716 g/mol. The third-order valence-corrected chi connectivity index (χ3v) is 12.7. The predicted octanol–water partition coefficient (Wildman–Crippen LogP) is 14.1. The molecular weight excluding hydrogens is 677 g/mol. The number of aromatic nitrogens is 2. The molecule has 0 atom stereocenters. The van der Waals surface area contributed by atoms with E-state index in [1.165, 1.54) is 71.8 Å². The first-order valence-electron chi connectivity index (χ1n) is 19.7. The van der Waals surface area contributed by atoms with E-state index in [2.05, 4.69) is 198 Å². The highest BCUT2D eigenvalue weighted by atomic mass is 14.9. The molecule has 0 N–H and O–H groups in total. The molecule has 2 aliphatic rings. The van der Waals surface area contributed by atoms with Gasteiger partial charge in [0.25, 0.3) is 0 Å². The van der Waals surface area contributed by atoms with E-state index in [-0.39, 0.29) is 10.8 Å². The lowest BCUT2D eigenvalue weighted by atomic mass is 9.79. The summed E-state index contributed by atoms with van der Waals surface area (Å²) >= 11 is 0. The van der Waals surface area contributed by atoms with Crippen LogP contribution in [0.25, 0.3) is 88.8 Å². The standard InChI is InChI=1S/C54H40N2/c1-53(2)47-28-25-36(30-44(47)45-29-34-17-8-9-18-35(34)31-48(45)53)37-26-27-42(39-20-11-10-19-38(37)39)52-55-49(33-15-6-5-7-16-33)32-50(56-52)43-23-14-22-41-40-21-12-13-24-46(40)54(3,4)51(41)43/h5-32H,1-4H3. The van der Waals surface area contributed by atoms with Crippen LogP contribution in [0.5, 0.6) is 0 Å². The highest BCUT2D eigenvalue weighted by molar-refractivity contribution is 6.05. The number of benzene rings is 8. The van der Waals surface area contributed by atoms with Gasteiger partial charge in [-0.3, -0.25) is 0 Å². The van der Waals surface area contributed by atoms with Gasteiger partial charge in [0.1, 0.15) is 0 Å². The highest BCUT2D eigenvalue weighted by Gasteiger charge is 2.38. The van der Waals surface area contributed by atoms with Crippen LogP contribution in [0.4, 0.5) is 0 Å². The number of hydrogen-bond donors (Lipinski definition) is 0. The Balaban J connectivity index is 1.09. The normalized spacial score (nSPS) is 14.4. The minimum absolute atomic E-state index is 0.0746. The first-order chi connectivity index (χ1) is 27.3. The SMILES string of the molecule is CC1(C)c2ccc(-c3ccc(-c4nc(-c5ccccc5)cc(-c5cccc6c5C(C)(C)c5ccccc5-6)n4)c4ccccc34)cc2-c2cc3ccccc3cc21. The quantitative estimate of drug-likeness (QED) is 0.181. The van der Waals surface area contributed by atoms with Crippen molar-refractivity contribution in [2.45, 2.75) is 38.5 Å². The molecule has 11 rings (SSSR count). The molecule has 9 aromatic rings. The van der Waals surface area contributed by atoms with Crippen LogP contribution in [0.15, 0.2) is 170 Å². The van der Waals surface area contributed by atoms with E-state index in [1.54, 1.807) is 0 Å². The van der Waals surface area contributed by atoms with Gasteiger partial charge in [-0.1, -0.05) is 167 Å². The Morgan fingerprint density at radius 1 is 0.339 bits per heavy atom. The number of nitrogens with zero attached hydrogens (tertiary/aromatic N) is 2. The van der Waals surface area contributed by atoms with Crippen LogP contribution < -0.4 is 0 Å². The minimum atomic E-state index is -0.173.